The van der Waals surface area contributed by atoms with E-state index < -0.39 is 27.6 Å². The zero-order valence-electron chi connectivity index (χ0n) is 13.3. The van der Waals surface area contributed by atoms with Gasteiger partial charge in [0.1, 0.15) is 6.04 Å². The van der Waals surface area contributed by atoms with Crippen molar-refractivity contribution < 1.29 is 28.2 Å². The molecule has 0 aromatic rings. The summed E-state index contributed by atoms with van der Waals surface area (Å²) in [5, 5.41) is 18.9. The molecule has 2 heterocycles. The van der Waals surface area contributed by atoms with Crippen molar-refractivity contribution in [3.63, 3.8) is 0 Å². The number of carbonyl (C=O) groups excluding carboxylic acids is 1. The standard InChI is InChI=1S/C14H24N2O6S/c1-2-10-23(21,22)16-7-3-4-11(16)12(17)15-8-5-14(20,6-9-15)13(18)19/h11,20H,2-10H2,1H3,(H,18,19). The molecule has 132 valence electrons. The molecule has 23 heavy (non-hydrogen) atoms. The topological polar surface area (TPSA) is 115 Å². The number of rotatable bonds is 5. The summed E-state index contributed by atoms with van der Waals surface area (Å²) in [4.78, 5) is 25.1. The molecule has 8 nitrogen and oxygen atoms in total. The molecule has 0 aromatic carbocycles. The molecule has 2 aliphatic heterocycles. The summed E-state index contributed by atoms with van der Waals surface area (Å²) in [7, 11) is -3.44. The van der Waals surface area contributed by atoms with Gasteiger partial charge >= 0.3 is 5.97 Å². The van der Waals surface area contributed by atoms with E-state index in [1.54, 1.807) is 6.92 Å². The van der Waals surface area contributed by atoms with Gasteiger partial charge in [-0.2, -0.15) is 4.31 Å². The Labute approximate surface area is 136 Å². The number of carboxylic acid groups (broad SMARTS) is 1. The van der Waals surface area contributed by atoms with Gasteiger partial charge < -0.3 is 15.1 Å². The van der Waals surface area contributed by atoms with Gasteiger partial charge in [-0.25, -0.2) is 13.2 Å². The highest BCUT2D eigenvalue weighted by Gasteiger charge is 2.44. The van der Waals surface area contributed by atoms with Crippen LogP contribution in [0, 0.1) is 0 Å². The average molecular weight is 348 g/mol. The SMILES string of the molecule is CCCS(=O)(=O)N1CCCC1C(=O)N1CCC(O)(C(=O)O)CC1. The molecular formula is C14H24N2O6S. The van der Waals surface area contributed by atoms with Crippen LogP contribution >= 0.6 is 0 Å². The predicted molar refractivity (Wildman–Crippen MR) is 82.2 cm³/mol. The van der Waals surface area contributed by atoms with Crippen molar-refractivity contribution >= 4 is 21.9 Å². The van der Waals surface area contributed by atoms with E-state index in [0.717, 1.165) is 0 Å². The fourth-order valence-electron chi connectivity index (χ4n) is 3.22. The van der Waals surface area contributed by atoms with Crippen molar-refractivity contribution in [3.05, 3.63) is 0 Å². The molecule has 0 saturated carbocycles. The largest absolute Gasteiger partial charge is 0.479 e. The van der Waals surface area contributed by atoms with Crippen LogP contribution < -0.4 is 0 Å². The van der Waals surface area contributed by atoms with Crippen molar-refractivity contribution in [1.82, 2.24) is 9.21 Å². The number of sulfonamides is 1. The van der Waals surface area contributed by atoms with Gasteiger partial charge in [-0.15, -0.1) is 0 Å². The third-order valence-corrected chi connectivity index (χ3v) is 6.68. The van der Waals surface area contributed by atoms with E-state index in [2.05, 4.69) is 0 Å². The zero-order valence-corrected chi connectivity index (χ0v) is 14.1. The van der Waals surface area contributed by atoms with Crippen LogP contribution in [0.5, 0.6) is 0 Å². The Hall–Kier alpha value is -1.19. The van der Waals surface area contributed by atoms with Crippen LogP contribution in [0.2, 0.25) is 0 Å². The number of hydrogen-bond donors (Lipinski definition) is 2. The van der Waals surface area contributed by atoms with Gasteiger partial charge in [0.15, 0.2) is 5.60 Å². The van der Waals surface area contributed by atoms with Crippen LogP contribution in [-0.2, 0) is 19.6 Å². The maximum absolute atomic E-state index is 12.6. The first-order valence-corrected chi connectivity index (χ1v) is 9.56. The van der Waals surface area contributed by atoms with Gasteiger partial charge in [0.05, 0.1) is 5.75 Å². The number of aliphatic hydroxyl groups is 1. The minimum atomic E-state index is -3.44. The van der Waals surface area contributed by atoms with E-state index >= 15 is 0 Å². The highest BCUT2D eigenvalue weighted by Crippen LogP contribution is 2.27. The molecule has 1 atom stereocenters. The first-order chi connectivity index (χ1) is 10.7. The van der Waals surface area contributed by atoms with Crippen LogP contribution in [0.1, 0.15) is 39.0 Å². The summed E-state index contributed by atoms with van der Waals surface area (Å²) in [6.07, 6.45) is 1.55. The lowest BCUT2D eigenvalue weighted by Crippen LogP contribution is -2.55. The number of likely N-dealkylation sites (tertiary alicyclic amines) is 1. The van der Waals surface area contributed by atoms with Gasteiger partial charge in [0.25, 0.3) is 0 Å². The Morgan fingerprint density at radius 2 is 1.83 bits per heavy atom. The molecule has 0 spiro atoms. The lowest BCUT2D eigenvalue weighted by Gasteiger charge is -2.37. The molecule has 0 aliphatic carbocycles. The second-order valence-electron chi connectivity index (χ2n) is 6.25. The third-order valence-electron chi connectivity index (χ3n) is 4.61. The van der Waals surface area contributed by atoms with E-state index in [-0.39, 0.29) is 37.6 Å². The summed E-state index contributed by atoms with van der Waals surface area (Å²) < 4.78 is 25.8. The van der Waals surface area contributed by atoms with Crippen molar-refractivity contribution in [3.8, 4) is 0 Å². The number of piperidine rings is 1. The number of carbonyl (C=O) groups is 2. The number of nitrogens with zero attached hydrogens (tertiary/aromatic N) is 2. The maximum Gasteiger partial charge on any atom is 0.335 e. The maximum atomic E-state index is 12.6. The summed E-state index contributed by atoms with van der Waals surface area (Å²) in [5.74, 6) is -1.54. The average Bonchev–Trinajstić information content (AvgIpc) is 2.97. The van der Waals surface area contributed by atoms with Crippen molar-refractivity contribution in [1.29, 1.82) is 0 Å². The van der Waals surface area contributed by atoms with Gasteiger partial charge in [-0.05, 0) is 19.3 Å². The highest BCUT2D eigenvalue weighted by molar-refractivity contribution is 7.89. The first kappa shape index (κ1) is 18.2. The normalized spacial score (nSPS) is 25.5. The number of aliphatic carboxylic acids is 1. The second kappa shape index (κ2) is 6.74. The van der Waals surface area contributed by atoms with E-state index in [9.17, 15) is 23.1 Å². The lowest BCUT2D eigenvalue weighted by molar-refractivity contribution is -0.165. The Bertz CT molecular complexity index is 568. The summed E-state index contributed by atoms with van der Waals surface area (Å²) >= 11 is 0. The fourth-order valence-corrected chi connectivity index (χ4v) is 4.96. The molecule has 2 aliphatic rings. The van der Waals surface area contributed by atoms with E-state index in [0.29, 0.717) is 25.8 Å². The molecule has 2 N–H and O–H groups in total. The molecular weight excluding hydrogens is 324 g/mol. The van der Waals surface area contributed by atoms with Gasteiger partial charge in [0, 0.05) is 32.5 Å². The lowest BCUT2D eigenvalue weighted by atomic mass is 9.91. The molecule has 0 bridgehead atoms. The van der Waals surface area contributed by atoms with E-state index in [1.165, 1.54) is 9.21 Å². The Balaban J connectivity index is 2.05. The molecule has 2 rings (SSSR count). The van der Waals surface area contributed by atoms with E-state index in [1.807, 2.05) is 0 Å². The second-order valence-corrected chi connectivity index (χ2v) is 8.29. The van der Waals surface area contributed by atoms with E-state index in [4.69, 9.17) is 5.11 Å². The molecule has 0 radical (unpaired) electrons. The number of amides is 1. The highest BCUT2D eigenvalue weighted by atomic mass is 32.2. The van der Waals surface area contributed by atoms with Gasteiger partial charge in [-0.3, -0.25) is 4.79 Å². The van der Waals surface area contributed by atoms with Crippen molar-refractivity contribution in [2.45, 2.75) is 50.7 Å². The fraction of sp³-hybridized carbons (Fsp3) is 0.857. The zero-order chi connectivity index (χ0) is 17.3. The third kappa shape index (κ3) is 3.67. The van der Waals surface area contributed by atoms with Gasteiger partial charge in [-0.1, -0.05) is 6.92 Å². The van der Waals surface area contributed by atoms with Crippen LogP contribution in [0.25, 0.3) is 0 Å². The van der Waals surface area contributed by atoms with Crippen LogP contribution in [0.15, 0.2) is 0 Å². The molecule has 9 heteroatoms. The van der Waals surface area contributed by atoms with Crippen LogP contribution in [0.3, 0.4) is 0 Å². The van der Waals surface area contributed by atoms with Crippen molar-refractivity contribution in [2.75, 3.05) is 25.4 Å². The van der Waals surface area contributed by atoms with Crippen LogP contribution in [0.4, 0.5) is 0 Å². The minimum absolute atomic E-state index is 0.0234. The molecule has 1 unspecified atom stereocenters. The smallest absolute Gasteiger partial charge is 0.335 e. The Kier molecular flexibility index (Phi) is 5.32. The quantitative estimate of drug-likeness (QED) is 0.700. The Morgan fingerprint density at radius 1 is 1.22 bits per heavy atom. The number of carboxylic acids is 1. The number of hydrogen-bond acceptors (Lipinski definition) is 5. The van der Waals surface area contributed by atoms with Gasteiger partial charge in [0.2, 0.25) is 15.9 Å². The molecule has 2 saturated heterocycles. The molecule has 1 amide bonds. The summed E-state index contributed by atoms with van der Waals surface area (Å²) in [5.41, 5.74) is -1.79. The minimum Gasteiger partial charge on any atom is -0.479 e. The summed E-state index contributed by atoms with van der Waals surface area (Å²) in [6.45, 7) is 2.38. The van der Waals surface area contributed by atoms with Crippen molar-refractivity contribution in [2.24, 2.45) is 0 Å². The predicted octanol–water partition coefficient (Wildman–Crippen LogP) is -0.371. The monoisotopic (exact) mass is 348 g/mol. The Morgan fingerprint density at radius 3 is 2.35 bits per heavy atom. The molecule has 2 fully saturated rings. The summed E-state index contributed by atoms with van der Waals surface area (Å²) in [6, 6.07) is -0.692. The van der Waals surface area contributed by atoms with Crippen LogP contribution in [-0.4, -0.2) is 76.7 Å². The molecule has 0 aromatic heterocycles. The first-order valence-electron chi connectivity index (χ1n) is 7.95.